The average Bonchev–Trinajstić information content (AvgIpc) is 2.89. The Morgan fingerprint density at radius 2 is 1.69 bits per heavy atom. The Balaban J connectivity index is 1.33. The molecule has 0 spiro atoms. The van der Waals surface area contributed by atoms with Gasteiger partial charge in [0.1, 0.15) is 17.4 Å². The van der Waals surface area contributed by atoms with E-state index in [0.717, 1.165) is 49.4 Å². The first-order valence-electron chi connectivity index (χ1n) is 12.4. The van der Waals surface area contributed by atoms with E-state index >= 15 is 0 Å². The van der Waals surface area contributed by atoms with Crippen LogP contribution in [0.15, 0.2) is 42.5 Å². The van der Waals surface area contributed by atoms with Crippen molar-refractivity contribution in [2.45, 2.75) is 38.1 Å². The van der Waals surface area contributed by atoms with E-state index in [0.29, 0.717) is 32.5 Å². The number of nitrogens with one attached hydrogen (secondary N) is 1. The van der Waals surface area contributed by atoms with Gasteiger partial charge in [-0.3, -0.25) is 14.5 Å². The Morgan fingerprint density at radius 1 is 1.00 bits per heavy atom. The van der Waals surface area contributed by atoms with Crippen LogP contribution < -0.4 is 10.1 Å². The van der Waals surface area contributed by atoms with Crippen LogP contribution in [0.25, 0.3) is 0 Å². The number of piperidine rings is 2. The van der Waals surface area contributed by atoms with Gasteiger partial charge < -0.3 is 15.0 Å². The molecule has 0 bridgehead atoms. The molecule has 2 aliphatic heterocycles. The fraction of sp³-hybridized carbons (Fsp3) is 0.481. The van der Waals surface area contributed by atoms with E-state index in [2.05, 4.69) is 22.3 Å². The monoisotopic (exact) mass is 485 g/mol. The normalized spacial score (nSPS) is 18.2. The van der Waals surface area contributed by atoms with Crippen molar-refractivity contribution >= 4 is 11.8 Å². The van der Waals surface area contributed by atoms with Crippen molar-refractivity contribution in [3.05, 3.63) is 65.2 Å². The Bertz CT molecular complexity index is 1020. The van der Waals surface area contributed by atoms with Gasteiger partial charge in [-0.2, -0.15) is 0 Å². The fourth-order valence-electron chi connectivity index (χ4n) is 5.03. The summed E-state index contributed by atoms with van der Waals surface area (Å²) in [6, 6.07) is 11.1. The van der Waals surface area contributed by atoms with Crippen molar-refractivity contribution in [2.24, 2.45) is 5.92 Å². The molecule has 1 unspecified atom stereocenters. The molecule has 1 atom stereocenters. The smallest absolute Gasteiger partial charge is 0.256 e. The highest BCUT2D eigenvalue weighted by molar-refractivity contribution is 5.94. The van der Waals surface area contributed by atoms with Crippen LogP contribution in [0.2, 0.25) is 0 Å². The highest BCUT2D eigenvalue weighted by Crippen LogP contribution is 2.27. The molecule has 6 nitrogen and oxygen atoms in total. The molecule has 0 aliphatic carbocycles. The molecule has 8 heteroatoms. The number of carbonyl (C=O) groups excluding carboxylic acids is 2. The maximum Gasteiger partial charge on any atom is 0.256 e. The van der Waals surface area contributed by atoms with E-state index in [1.807, 2.05) is 12.1 Å². The predicted molar refractivity (Wildman–Crippen MR) is 129 cm³/mol. The van der Waals surface area contributed by atoms with Crippen LogP contribution in [0.5, 0.6) is 5.75 Å². The molecule has 2 fully saturated rings. The second-order valence-corrected chi connectivity index (χ2v) is 9.32. The van der Waals surface area contributed by atoms with Crippen LogP contribution in [0, 0.1) is 17.6 Å². The Morgan fingerprint density at radius 3 is 2.31 bits per heavy atom. The summed E-state index contributed by atoms with van der Waals surface area (Å²) in [5.41, 5.74) is 1.01. The van der Waals surface area contributed by atoms with Crippen molar-refractivity contribution in [1.29, 1.82) is 0 Å². The quantitative estimate of drug-likeness (QED) is 0.640. The van der Waals surface area contributed by atoms with E-state index < -0.39 is 17.5 Å². The second kappa shape index (κ2) is 11.6. The molecule has 4 rings (SSSR count). The number of methoxy groups -OCH3 is 1. The summed E-state index contributed by atoms with van der Waals surface area (Å²) in [5.74, 6) is -1.46. The van der Waals surface area contributed by atoms with E-state index in [1.165, 1.54) is 17.4 Å². The van der Waals surface area contributed by atoms with Gasteiger partial charge in [-0.05, 0) is 68.6 Å². The first kappa shape index (κ1) is 25.1. The summed E-state index contributed by atoms with van der Waals surface area (Å²) >= 11 is 0. The number of halogens is 2. The summed E-state index contributed by atoms with van der Waals surface area (Å²) in [6.07, 6.45) is 4.56. The zero-order valence-electron chi connectivity index (χ0n) is 20.1. The Labute approximate surface area is 205 Å². The predicted octanol–water partition coefficient (Wildman–Crippen LogP) is 4.17. The molecule has 2 saturated heterocycles. The number of likely N-dealkylation sites (tertiary alicyclic amines) is 2. The SMILES string of the molecule is COc1ccc(C(CNC(=O)C2CCN(C(=O)c3ccc(F)cc3F)CC2)N2CCCCC2)cc1. The van der Waals surface area contributed by atoms with E-state index in [1.54, 1.807) is 7.11 Å². The Hall–Kier alpha value is -3.00. The van der Waals surface area contributed by atoms with Gasteiger partial charge >= 0.3 is 0 Å². The molecule has 0 aromatic heterocycles. The summed E-state index contributed by atoms with van der Waals surface area (Å²) in [5, 5.41) is 3.15. The van der Waals surface area contributed by atoms with Gasteiger partial charge in [0, 0.05) is 31.6 Å². The number of nitrogens with zero attached hydrogens (tertiary/aromatic N) is 2. The molecular formula is C27H33F2N3O3. The van der Waals surface area contributed by atoms with Gasteiger partial charge in [0.2, 0.25) is 5.91 Å². The molecule has 0 saturated carbocycles. The average molecular weight is 486 g/mol. The van der Waals surface area contributed by atoms with Crippen LogP contribution in [0.4, 0.5) is 8.78 Å². The second-order valence-electron chi connectivity index (χ2n) is 9.32. The number of hydrogen-bond acceptors (Lipinski definition) is 4. The third-order valence-electron chi connectivity index (χ3n) is 7.12. The lowest BCUT2D eigenvalue weighted by Crippen LogP contribution is -2.45. The van der Waals surface area contributed by atoms with Crippen LogP contribution in [0.3, 0.4) is 0 Å². The number of benzene rings is 2. The lowest BCUT2D eigenvalue weighted by atomic mass is 9.95. The molecule has 2 aliphatic rings. The number of ether oxygens (including phenoxy) is 1. The highest BCUT2D eigenvalue weighted by Gasteiger charge is 2.30. The lowest BCUT2D eigenvalue weighted by Gasteiger charge is -2.36. The highest BCUT2D eigenvalue weighted by atomic mass is 19.1. The molecule has 2 amide bonds. The van der Waals surface area contributed by atoms with E-state index in [9.17, 15) is 18.4 Å². The maximum absolute atomic E-state index is 14.0. The van der Waals surface area contributed by atoms with Crippen LogP contribution in [0.1, 0.15) is 54.1 Å². The van der Waals surface area contributed by atoms with Gasteiger partial charge in [0.15, 0.2) is 0 Å². The van der Waals surface area contributed by atoms with Crippen molar-refractivity contribution in [2.75, 3.05) is 39.8 Å². The van der Waals surface area contributed by atoms with Crippen LogP contribution >= 0.6 is 0 Å². The summed E-state index contributed by atoms with van der Waals surface area (Å²) in [7, 11) is 1.65. The fourth-order valence-corrected chi connectivity index (χ4v) is 5.03. The number of rotatable bonds is 7. The first-order chi connectivity index (χ1) is 17.0. The van der Waals surface area contributed by atoms with Crippen molar-refractivity contribution in [1.82, 2.24) is 15.1 Å². The zero-order valence-corrected chi connectivity index (χ0v) is 20.1. The molecular weight excluding hydrogens is 452 g/mol. The third kappa shape index (κ3) is 6.17. The van der Waals surface area contributed by atoms with Gasteiger partial charge in [0.05, 0.1) is 18.7 Å². The summed E-state index contributed by atoms with van der Waals surface area (Å²) < 4.78 is 32.5. The van der Waals surface area contributed by atoms with Crippen molar-refractivity contribution in [3.63, 3.8) is 0 Å². The first-order valence-corrected chi connectivity index (χ1v) is 12.4. The van der Waals surface area contributed by atoms with E-state index in [-0.39, 0.29) is 23.4 Å². The number of carbonyl (C=O) groups is 2. The topological polar surface area (TPSA) is 61.9 Å². The Kier molecular flexibility index (Phi) is 8.33. The van der Waals surface area contributed by atoms with Gasteiger partial charge in [-0.1, -0.05) is 18.6 Å². The molecule has 188 valence electrons. The van der Waals surface area contributed by atoms with Gasteiger partial charge in [-0.15, -0.1) is 0 Å². The van der Waals surface area contributed by atoms with Gasteiger partial charge in [0.25, 0.3) is 5.91 Å². The maximum atomic E-state index is 14.0. The zero-order chi connectivity index (χ0) is 24.8. The molecule has 2 aromatic carbocycles. The minimum atomic E-state index is -0.864. The van der Waals surface area contributed by atoms with Crippen LogP contribution in [-0.4, -0.2) is 61.4 Å². The summed E-state index contributed by atoms with van der Waals surface area (Å²) in [6.45, 7) is 3.26. The molecule has 1 N–H and O–H groups in total. The molecule has 0 radical (unpaired) electrons. The minimum absolute atomic E-state index is 0.0133. The summed E-state index contributed by atoms with van der Waals surface area (Å²) in [4.78, 5) is 29.6. The number of amides is 2. The molecule has 35 heavy (non-hydrogen) atoms. The molecule has 2 heterocycles. The van der Waals surface area contributed by atoms with Gasteiger partial charge in [-0.25, -0.2) is 8.78 Å². The lowest BCUT2D eigenvalue weighted by molar-refractivity contribution is -0.126. The largest absolute Gasteiger partial charge is 0.497 e. The number of hydrogen-bond donors (Lipinski definition) is 1. The van der Waals surface area contributed by atoms with Crippen molar-refractivity contribution in [3.8, 4) is 5.75 Å². The standard InChI is InChI=1S/C27H33F2N3O3/c1-35-22-8-5-19(6-9-22)25(31-13-3-2-4-14-31)18-30-26(33)20-11-15-32(16-12-20)27(34)23-10-7-21(28)17-24(23)29/h5-10,17,20,25H,2-4,11-16,18H2,1H3,(H,30,33). The minimum Gasteiger partial charge on any atom is -0.497 e. The third-order valence-corrected chi connectivity index (χ3v) is 7.12. The van der Waals surface area contributed by atoms with Crippen LogP contribution in [-0.2, 0) is 4.79 Å². The van der Waals surface area contributed by atoms with E-state index in [4.69, 9.17) is 4.74 Å². The van der Waals surface area contributed by atoms with Crippen molar-refractivity contribution < 1.29 is 23.1 Å². The molecule has 2 aromatic rings.